The summed E-state index contributed by atoms with van der Waals surface area (Å²) in [6.07, 6.45) is 6.65. The molecule has 2 aromatic rings. The van der Waals surface area contributed by atoms with Crippen molar-refractivity contribution in [2.45, 2.75) is 68.4 Å². The van der Waals surface area contributed by atoms with Gasteiger partial charge in [-0.1, -0.05) is 42.1 Å². The van der Waals surface area contributed by atoms with Gasteiger partial charge in [0.1, 0.15) is 5.03 Å². The number of benzene rings is 1. The first-order valence-corrected chi connectivity index (χ1v) is 10.6. The van der Waals surface area contributed by atoms with Gasteiger partial charge >= 0.3 is 5.69 Å². The Morgan fingerprint density at radius 3 is 2.81 bits per heavy atom. The summed E-state index contributed by atoms with van der Waals surface area (Å²) in [5.41, 5.74) is 3.66. The van der Waals surface area contributed by atoms with Crippen molar-refractivity contribution in [2.75, 3.05) is 6.61 Å². The molecule has 26 heavy (non-hydrogen) atoms. The zero-order valence-corrected chi connectivity index (χ0v) is 16.1. The third kappa shape index (κ3) is 3.74. The minimum absolute atomic E-state index is 0.107. The van der Waals surface area contributed by atoms with E-state index in [4.69, 9.17) is 4.74 Å². The minimum atomic E-state index is -0.107. The lowest BCUT2D eigenvalue weighted by atomic mass is 9.97. The first kappa shape index (κ1) is 17.8. The predicted molar refractivity (Wildman–Crippen MR) is 105 cm³/mol. The van der Waals surface area contributed by atoms with Crippen LogP contribution in [0.25, 0.3) is 0 Å². The Kier molecular flexibility index (Phi) is 5.46. The van der Waals surface area contributed by atoms with Gasteiger partial charge in [0.25, 0.3) is 0 Å². The Hall–Kier alpha value is -1.59. The molecule has 0 saturated carbocycles. The molecule has 1 fully saturated rings. The monoisotopic (exact) mass is 370 g/mol. The molecule has 4 nitrogen and oxygen atoms in total. The topological polar surface area (TPSA) is 44.1 Å². The van der Waals surface area contributed by atoms with Gasteiger partial charge < -0.3 is 4.74 Å². The van der Waals surface area contributed by atoms with Crippen LogP contribution in [0.15, 0.2) is 40.2 Å². The van der Waals surface area contributed by atoms with Gasteiger partial charge in [-0.25, -0.2) is 4.79 Å². The van der Waals surface area contributed by atoms with Gasteiger partial charge in [-0.2, -0.15) is 4.98 Å². The van der Waals surface area contributed by atoms with E-state index in [-0.39, 0.29) is 17.0 Å². The standard InChI is InChI=1S/C21H26N2O2S/c1-15(16-8-3-2-4-9-16)26-20-18-11-5-6-12-19(18)23(21(24)22-20)14-17-10-7-13-25-17/h2-4,8-9,15,17H,5-7,10-14H2,1H3. The molecule has 0 amide bonds. The highest BCUT2D eigenvalue weighted by Gasteiger charge is 2.25. The molecule has 2 heterocycles. The van der Waals surface area contributed by atoms with Crippen molar-refractivity contribution in [2.24, 2.45) is 0 Å². The second-order valence-electron chi connectivity index (χ2n) is 7.25. The molecule has 1 aromatic heterocycles. The van der Waals surface area contributed by atoms with Gasteiger partial charge in [-0.15, -0.1) is 0 Å². The summed E-state index contributed by atoms with van der Waals surface area (Å²) < 4.78 is 7.67. The molecular formula is C21H26N2O2S. The number of aromatic nitrogens is 2. The minimum Gasteiger partial charge on any atom is -0.376 e. The van der Waals surface area contributed by atoms with E-state index in [1.54, 1.807) is 11.8 Å². The molecule has 1 aliphatic carbocycles. The molecule has 4 rings (SSSR count). The maximum Gasteiger partial charge on any atom is 0.348 e. The van der Waals surface area contributed by atoms with E-state index >= 15 is 0 Å². The van der Waals surface area contributed by atoms with Crippen LogP contribution in [-0.2, 0) is 24.1 Å². The molecule has 1 aromatic carbocycles. The normalized spacial score (nSPS) is 20.7. The third-order valence-corrected chi connectivity index (χ3v) is 6.61. The van der Waals surface area contributed by atoms with Crippen LogP contribution in [0.2, 0.25) is 0 Å². The lowest BCUT2D eigenvalue weighted by Gasteiger charge is -2.25. The summed E-state index contributed by atoms with van der Waals surface area (Å²) in [5, 5.41) is 1.22. The fraction of sp³-hybridized carbons (Fsp3) is 0.524. The lowest BCUT2D eigenvalue weighted by Crippen LogP contribution is -2.33. The third-order valence-electron chi connectivity index (χ3n) is 5.42. The van der Waals surface area contributed by atoms with E-state index in [9.17, 15) is 4.79 Å². The highest BCUT2D eigenvalue weighted by molar-refractivity contribution is 7.99. The van der Waals surface area contributed by atoms with E-state index in [1.807, 2.05) is 10.6 Å². The molecule has 2 aliphatic rings. The molecule has 0 N–H and O–H groups in total. The number of hydrogen-bond donors (Lipinski definition) is 0. The number of rotatable bonds is 5. The number of ether oxygens (including phenoxy) is 1. The van der Waals surface area contributed by atoms with Crippen molar-refractivity contribution in [1.29, 1.82) is 0 Å². The summed E-state index contributed by atoms with van der Waals surface area (Å²) >= 11 is 1.72. The summed E-state index contributed by atoms with van der Waals surface area (Å²) in [5.74, 6) is 0. The maximum absolute atomic E-state index is 12.8. The van der Waals surface area contributed by atoms with Crippen molar-refractivity contribution in [1.82, 2.24) is 9.55 Å². The first-order valence-electron chi connectivity index (χ1n) is 9.68. The van der Waals surface area contributed by atoms with Crippen LogP contribution in [0.3, 0.4) is 0 Å². The molecule has 1 saturated heterocycles. The molecule has 2 atom stereocenters. The Balaban J connectivity index is 1.65. The van der Waals surface area contributed by atoms with Crippen molar-refractivity contribution in [3.05, 3.63) is 57.6 Å². The Morgan fingerprint density at radius 2 is 2.04 bits per heavy atom. The van der Waals surface area contributed by atoms with Gasteiger partial charge in [-0.05, 0) is 51.0 Å². The van der Waals surface area contributed by atoms with Crippen LogP contribution in [0.1, 0.15) is 54.7 Å². The zero-order chi connectivity index (χ0) is 17.9. The van der Waals surface area contributed by atoms with E-state index < -0.39 is 0 Å². The van der Waals surface area contributed by atoms with Crippen LogP contribution in [0, 0.1) is 0 Å². The predicted octanol–water partition coefficient (Wildman–Crippen LogP) is 4.15. The second kappa shape index (κ2) is 7.97. The van der Waals surface area contributed by atoms with Crippen molar-refractivity contribution >= 4 is 11.8 Å². The van der Waals surface area contributed by atoms with Gasteiger partial charge in [0.15, 0.2) is 0 Å². The fourth-order valence-electron chi connectivity index (χ4n) is 3.99. The van der Waals surface area contributed by atoms with Crippen molar-refractivity contribution < 1.29 is 4.74 Å². The molecule has 5 heteroatoms. The molecule has 0 radical (unpaired) electrons. The highest BCUT2D eigenvalue weighted by atomic mass is 32.2. The number of nitrogens with zero attached hydrogens (tertiary/aromatic N) is 2. The smallest absolute Gasteiger partial charge is 0.348 e. The largest absolute Gasteiger partial charge is 0.376 e. The quantitative estimate of drug-likeness (QED) is 0.586. The van der Waals surface area contributed by atoms with E-state index in [2.05, 4.69) is 36.2 Å². The van der Waals surface area contributed by atoms with Crippen LogP contribution < -0.4 is 5.69 Å². The fourth-order valence-corrected chi connectivity index (χ4v) is 5.11. The summed E-state index contributed by atoms with van der Waals surface area (Å²) in [4.78, 5) is 17.3. The Morgan fingerprint density at radius 1 is 1.23 bits per heavy atom. The van der Waals surface area contributed by atoms with E-state index in [1.165, 1.54) is 23.2 Å². The number of thioether (sulfide) groups is 1. The highest BCUT2D eigenvalue weighted by Crippen LogP contribution is 2.37. The van der Waals surface area contributed by atoms with Gasteiger partial charge in [0.05, 0.1) is 12.6 Å². The van der Waals surface area contributed by atoms with Crippen molar-refractivity contribution in [3.8, 4) is 0 Å². The van der Waals surface area contributed by atoms with Crippen LogP contribution in [-0.4, -0.2) is 22.3 Å². The average Bonchev–Trinajstić information content (AvgIpc) is 3.19. The summed E-state index contributed by atoms with van der Waals surface area (Å²) in [6, 6.07) is 10.4. The summed E-state index contributed by atoms with van der Waals surface area (Å²) in [6.45, 7) is 3.67. The van der Waals surface area contributed by atoms with E-state index in [0.29, 0.717) is 6.54 Å². The Bertz CT molecular complexity index is 813. The molecular weight excluding hydrogens is 344 g/mol. The lowest BCUT2D eigenvalue weighted by molar-refractivity contribution is 0.0947. The molecule has 0 bridgehead atoms. The Labute approximate surface area is 159 Å². The SMILES string of the molecule is CC(Sc1nc(=O)n(CC2CCCO2)c2c1CCCC2)c1ccccc1. The first-order chi connectivity index (χ1) is 12.7. The van der Waals surface area contributed by atoms with Crippen LogP contribution in [0.5, 0.6) is 0 Å². The summed E-state index contributed by atoms with van der Waals surface area (Å²) in [7, 11) is 0. The molecule has 2 unspecified atom stereocenters. The molecule has 138 valence electrons. The second-order valence-corrected chi connectivity index (χ2v) is 8.58. The van der Waals surface area contributed by atoms with Gasteiger partial charge in [0.2, 0.25) is 0 Å². The van der Waals surface area contributed by atoms with Gasteiger partial charge in [0, 0.05) is 23.1 Å². The van der Waals surface area contributed by atoms with Crippen LogP contribution in [0.4, 0.5) is 0 Å². The molecule has 1 aliphatic heterocycles. The van der Waals surface area contributed by atoms with Crippen molar-refractivity contribution in [3.63, 3.8) is 0 Å². The van der Waals surface area contributed by atoms with Crippen LogP contribution >= 0.6 is 11.8 Å². The van der Waals surface area contributed by atoms with Gasteiger partial charge in [-0.3, -0.25) is 4.57 Å². The number of fused-ring (bicyclic) bond motifs is 1. The molecule has 0 spiro atoms. The van der Waals surface area contributed by atoms with E-state index in [0.717, 1.165) is 43.7 Å². The maximum atomic E-state index is 12.8. The zero-order valence-electron chi connectivity index (χ0n) is 15.3. The number of hydrogen-bond acceptors (Lipinski definition) is 4. The average molecular weight is 371 g/mol.